The molecule has 2 aromatic rings. The van der Waals surface area contributed by atoms with E-state index in [4.69, 9.17) is 4.74 Å². The normalized spacial score (nSPS) is 8.45. The van der Waals surface area contributed by atoms with Crippen LogP contribution in [0.5, 0.6) is 11.5 Å². The van der Waals surface area contributed by atoms with E-state index in [9.17, 15) is 0 Å². The minimum absolute atomic E-state index is 0.894. The van der Waals surface area contributed by atoms with E-state index in [2.05, 4.69) is 65.5 Å². The number of benzene rings is 2. The van der Waals surface area contributed by atoms with Crippen molar-refractivity contribution < 1.29 is 4.74 Å². The molecule has 0 aliphatic heterocycles. The van der Waals surface area contributed by atoms with E-state index in [1.807, 2.05) is 61.5 Å². The molecule has 0 amide bonds. The predicted molar refractivity (Wildman–Crippen MR) is 136 cm³/mol. The average Bonchev–Trinajstić information content (AvgIpc) is 2.75. The maximum atomic E-state index is 6.16. The van der Waals surface area contributed by atoms with E-state index >= 15 is 0 Å². The maximum Gasteiger partial charge on any atom is 0.133 e. The highest BCUT2D eigenvalue weighted by Gasteiger charge is 2.09. The van der Waals surface area contributed by atoms with Gasteiger partial charge < -0.3 is 4.74 Å². The molecule has 1 heteroatoms. The van der Waals surface area contributed by atoms with Crippen molar-refractivity contribution in [1.29, 1.82) is 0 Å². The summed E-state index contributed by atoms with van der Waals surface area (Å²) in [5.74, 6) is 1.88. The molecule has 0 heterocycles. The number of hydrogen-bond acceptors (Lipinski definition) is 1. The Kier molecular flexibility index (Phi) is 21.1. The third-order valence-corrected chi connectivity index (χ3v) is 4.02. The molecular weight excluding hydrogens is 352 g/mol. The predicted octanol–water partition coefficient (Wildman–Crippen LogP) is 9.85. The summed E-state index contributed by atoms with van der Waals surface area (Å²) in [5, 5.41) is 0. The molecule has 0 unspecified atom stereocenters. The lowest BCUT2D eigenvalue weighted by molar-refractivity contribution is 0.474. The standard InChI is InChI=1S/C20H24O.4C2H6/c1-7-8-18-9-15(4)20(16(5)10-18)21-19-11-13(2)17(6)14(3)12-19;4*1-2/h7,9-12H,1,8H2,2-6H3;4*1-2H3. The average molecular weight is 401 g/mol. The fraction of sp³-hybridized carbons (Fsp3) is 0.500. The highest BCUT2D eigenvalue weighted by molar-refractivity contribution is 5.48. The van der Waals surface area contributed by atoms with Gasteiger partial charge in [-0.1, -0.05) is 73.6 Å². The van der Waals surface area contributed by atoms with Gasteiger partial charge in [-0.2, -0.15) is 0 Å². The molecule has 0 aliphatic rings. The zero-order valence-electron chi connectivity index (χ0n) is 21.7. The summed E-state index contributed by atoms with van der Waals surface area (Å²) in [7, 11) is 0. The molecule has 0 aliphatic carbocycles. The van der Waals surface area contributed by atoms with Crippen molar-refractivity contribution in [1.82, 2.24) is 0 Å². The van der Waals surface area contributed by atoms with E-state index < -0.39 is 0 Å². The fourth-order valence-corrected chi connectivity index (χ4v) is 2.66. The second-order valence-corrected chi connectivity index (χ2v) is 5.84. The van der Waals surface area contributed by atoms with Crippen LogP contribution in [0.4, 0.5) is 0 Å². The zero-order chi connectivity index (χ0) is 23.6. The molecule has 0 N–H and O–H groups in total. The minimum atomic E-state index is 0.894. The first-order valence-electron chi connectivity index (χ1n) is 11.4. The van der Waals surface area contributed by atoms with Gasteiger partial charge in [0.1, 0.15) is 11.5 Å². The SMILES string of the molecule is C=CCc1cc(C)c(Oc2cc(C)c(C)c(C)c2)c(C)c1.CC.CC.CC.CC. The Balaban J connectivity index is -0.000000754. The number of aryl methyl sites for hydroxylation is 4. The Labute approximate surface area is 183 Å². The van der Waals surface area contributed by atoms with E-state index in [-0.39, 0.29) is 0 Å². The molecule has 0 atom stereocenters. The van der Waals surface area contributed by atoms with Gasteiger partial charge >= 0.3 is 0 Å². The summed E-state index contributed by atoms with van der Waals surface area (Å²) in [4.78, 5) is 0. The van der Waals surface area contributed by atoms with Crippen molar-refractivity contribution in [3.05, 3.63) is 70.3 Å². The smallest absolute Gasteiger partial charge is 0.133 e. The van der Waals surface area contributed by atoms with Gasteiger partial charge in [0.05, 0.1) is 0 Å². The zero-order valence-corrected chi connectivity index (χ0v) is 21.7. The van der Waals surface area contributed by atoms with E-state index in [0.717, 1.165) is 17.9 Å². The molecule has 2 rings (SSSR count). The van der Waals surface area contributed by atoms with E-state index in [0.29, 0.717) is 0 Å². The molecule has 0 spiro atoms. The van der Waals surface area contributed by atoms with Crippen LogP contribution < -0.4 is 4.74 Å². The second-order valence-electron chi connectivity index (χ2n) is 5.84. The molecule has 1 nitrogen and oxygen atoms in total. The molecule has 0 saturated heterocycles. The Morgan fingerprint density at radius 2 is 1.03 bits per heavy atom. The van der Waals surface area contributed by atoms with Crippen LogP contribution in [0.3, 0.4) is 0 Å². The Morgan fingerprint density at radius 3 is 1.38 bits per heavy atom. The van der Waals surface area contributed by atoms with Gasteiger partial charge in [0.15, 0.2) is 0 Å². The Morgan fingerprint density at radius 1 is 0.655 bits per heavy atom. The summed E-state index contributed by atoms with van der Waals surface area (Å²) in [6, 6.07) is 8.58. The van der Waals surface area contributed by atoms with Crippen LogP contribution in [0, 0.1) is 34.6 Å². The van der Waals surface area contributed by atoms with Gasteiger partial charge in [-0.3, -0.25) is 0 Å². The second kappa shape index (κ2) is 19.3. The third-order valence-electron chi connectivity index (χ3n) is 4.02. The number of rotatable bonds is 4. The molecule has 2 aromatic carbocycles. The summed E-state index contributed by atoms with van der Waals surface area (Å²) in [6.45, 7) is 30.4. The lowest BCUT2D eigenvalue weighted by Gasteiger charge is -2.15. The van der Waals surface area contributed by atoms with Crippen LogP contribution in [0.25, 0.3) is 0 Å². The Hall–Kier alpha value is -2.02. The van der Waals surface area contributed by atoms with Gasteiger partial charge in [-0.15, -0.1) is 6.58 Å². The first-order chi connectivity index (χ1) is 13.9. The largest absolute Gasteiger partial charge is 0.457 e. The van der Waals surface area contributed by atoms with Crippen LogP contribution >= 0.6 is 0 Å². The summed E-state index contributed by atoms with van der Waals surface area (Å²) < 4.78 is 6.16. The third kappa shape index (κ3) is 10.9. The van der Waals surface area contributed by atoms with Crippen molar-refractivity contribution in [2.45, 2.75) is 96.4 Å². The van der Waals surface area contributed by atoms with Gasteiger partial charge in [-0.25, -0.2) is 0 Å². The van der Waals surface area contributed by atoms with Crippen molar-refractivity contribution in [3.63, 3.8) is 0 Å². The highest BCUT2D eigenvalue weighted by Crippen LogP contribution is 2.32. The quantitative estimate of drug-likeness (QED) is 0.464. The van der Waals surface area contributed by atoms with Crippen molar-refractivity contribution in [2.24, 2.45) is 0 Å². The summed E-state index contributed by atoms with van der Waals surface area (Å²) >= 11 is 0. The lowest BCUT2D eigenvalue weighted by atomic mass is 10.0. The lowest BCUT2D eigenvalue weighted by Crippen LogP contribution is -1.96. The van der Waals surface area contributed by atoms with Gasteiger partial charge in [0, 0.05) is 0 Å². The van der Waals surface area contributed by atoms with Gasteiger partial charge in [0.2, 0.25) is 0 Å². The molecule has 0 aromatic heterocycles. The first-order valence-corrected chi connectivity index (χ1v) is 11.4. The highest BCUT2D eigenvalue weighted by atomic mass is 16.5. The molecule has 166 valence electrons. The van der Waals surface area contributed by atoms with Crippen LogP contribution in [0.2, 0.25) is 0 Å². The van der Waals surface area contributed by atoms with Crippen LogP contribution in [-0.2, 0) is 6.42 Å². The van der Waals surface area contributed by atoms with Crippen LogP contribution in [-0.4, -0.2) is 0 Å². The van der Waals surface area contributed by atoms with E-state index in [1.54, 1.807) is 0 Å². The topological polar surface area (TPSA) is 9.23 Å². The van der Waals surface area contributed by atoms with Crippen molar-refractivity contribution in [2.75, 3.05) is 0 Å². The monoisotopic (exact) mass is 400 g/mol. The maximum absolute atomic E-state index is 6.16. The molecule has 0 bridgehead atoms. The number of hydrogen-bond donors (Lipinski definition) is 0. The Bertz CT molecular complexity index is 635. The molecule has 0 fully saturated rings. The van der Waals surface area contributed by atoms with Crippen molar-refractivity contribution in [3.8, 4) is 11.5 Å². The molecule has 0 saturated carbocycles. The summed E-state index contributed by atoms with van der Waals surface area (Å²) in [6.07, 6.45) is 2.83. The molecule has 29 heavy (non-hydrogen) atoms. The van der Waals surface area contributed by atoms with Gasteiger partial charge in [0.25, 0.3) is 0 Å². The molecular formula is C28H48O. The summed E-state index contributed by atoms with van der Waals surface area (Å²) in [5.41, 5.74) is 7.48. The van der Waals surface area contributed by atoms with E-state index in [1.165, 1.54) is 33.4 Å². The first kappa shape index (κ1) is 31.7. The van der Waals surface area contributed by atoms with Crippen LogP contribution in [0.1, 0.15) is 88.8 Å². The minimum Gasteiger partial charge on any atom is -0.457 e. The fourth-order valence-electron chi connectivity index (χ4n) is 2.66. The van der Waals surface area contributed by atoms with Crippen LogP contribution in [0.15, 0.2) is 36.9 Å². The number of allylic oxidation sites excluding steroid dienone is 1. The number of ether oxygens (including phenoxy) is 1. The molecule has 0 radical (unpaired) electrons. The van der Waals surface area contributed by atoms with Gasteiger partial charge in [-0.05, 0) is 86.6 Å². The van der Waals surface area contributed by atoms with Crippen molar-refractivity contribution >= 4 is 0 Å².